The molecule has 0 aromatic heterocycles. The fraction of sp³-hybridized carbons (Fsp3) is 0.826. The summed E-state index contributed by atoms with van der Waals surface area (Å²) in [6.07, 6.45) is 12.8. The second-order valence-corrected chi connectivity index (χ2v) is 10.3. The fourth-order valence-corrected chi connectivity index (χ4v) is 7.74. The molecule has 0 bridgehead atoms. The Kier molecular flexibility index (Phi) is 3.36. The van der Waals surface area contributed by atoms with Crippen LogP contribution in [0.15, 0.2) is 11.6 Å². The van der Waals surface area contributed by atoms with Gasteiger partial charge in [0.05, 0.1) is 11.5 Å². The van der Waals surface area contributed by atoms with E-state index < -0.39 is 0 Å². The van der Waals surface area contributed by atoms with Crippen molar-refractivity contribution in [1.82, 2.24) is 0 Å². The highest BCUT2D eigenvalue weighted by atomic mass is 16.1. The van der Waals surface area contributed by atoms with Crippen molar-refractivity contribution in [2.75, 3.05) is 0 Å². The quantitative estimate of drug-likeness (QED) is 0.652. The van der Waals surface area contributed by atoms with Crippen molar-refractivity contribution in [3.63, 3.8) is 0 Å². The predicted octanol–water partition coefficient (Wildman–Crippen LogP) is 5.29. The number of nitriles is 1. The molecule has 0 aromatic carbocycles. The van der Waals surface area contributed by atoms with Gasteiger partial charge in [0.25, 0.3) is 0 Å². The summed E-state index contributed by atoms with van der Waals surface area (Å²) < 4.78 is 0. The molecule has 2 nitrogen and oxygen atoms in total. The summed E-state index contributed by atoms with van der Waals surface area (Å²) in [4.78, 5) is 12.0. The van der Waals surface area contributed by atoms with Crippen LogP contribution in [0.25, 0.3) is 0 Å². The molecular weight excluding hydrogens is 306 g/mol. The zero-order valence-electron chi connectivity index (χ0n) is 15.8. The fourth-order valence-electron chi connectivity index (χ4n) is 7.74. The lowest BCUT2D eigenvalue weighted by atomic mass is 9.46. The Labute approximate surface area is 152 Å². The lowest BCUT2D eigenvalue weighted by Gasteiger charge is -2.57. The van der Waals surface area contributed by atoms with Gasteiger partial charge in [-0.25, -0.2) is 0 Å². The minimum absolute atomic E-state index is 0.130. The van der Waals surface area contributed by atoms with Crippen molar-refractivity contribution >= 4 is 5.78 Å². The topological polar surface area (TPSA) is 40.9 Å². The molecule has 0 amide bonds. The Morgan fingerprint density at radius 2 is 1.88 bits per heavy atom. The number of allylic oxidation sites excluding steroid dienone is 1. The third kappa shape index (κ3) is 2.11. The van der Waals surface area contributed by atoms with Gasteiger partial charge in [-0.05, 0) is 105 Å². The van der Waals surface area contributed by atoms with E-state index in [1.54, 1.807) is 0 Å². The number of rotatable bonds is 1. The van der Waals surface area contributed by atoms with Crippen LogP contribution in [0.1, 0.15) is 71.6 Å². The molecule has 0 radical (unpaired) electrons. The summed E-state index contributed by atoms with van der Waals surface area (Å²) in [7, 11) is 0. The minimum atomic E-state index is -0.130. The molecule has 4 saturated carbocycles. The van der Waals surface area contributed by atoms with Crippen LogP contribution in [0.2, 0.25) is 0 Å². The Bertz CT molecular complexity index is 683. The SMILES string of the molecule is C[C@]1(C#N)CC[C@H]2[C@H]3[C@H](CC[C@@]21C)[C@H]1CCC(=O)C=C1C[C@H]3C1CC1. The van der Waals surface area contributed by atoms with Crippen molar-refractivity contribution in [1.29, 1.82) is 5.26 Å². The summed E-state index contributed by atoms with van der Waals surface area (Å²) in [5, 5.41) is 9.93. The van der Waals surface area contributed by atoms with Gasteiger partial charge in [0.1, 0.15) is 0 Å². The van der Waals surface area contributed by atoms with Crippen LogP contribution in [-0.4, -0.2) is 5.78 Å². The lowest BCUT2D eigenvalue weighted by Crippen LogP contribution is -2.52. The van der Waals surface area contributed by atoms with Crippen molar-refractivity contribution in [3.8, 4) is 6.07 Å². The van der Waals surface area contributed by atoms with Crippen LogP contribution in [-0.2, 0) is 4.79 Å². The number of ketones is 1. The number of hydrogen-bond donors (Lipinski definition) is 0. The van der Waals surface area contributed by atoms with Crippen molar-refractivity contribution in [2.45, 2.75) is 71.6 Å². The van der Waals surface area contributed by atoms with Crippen molar-refractivity contribution in [2.24, 2.45) is 46.3 Å². The van der Waals surface area contributed by atoms with Crippen LogP contribution in [0.3, 0.4) is 0 Å². The van der Waals surface area contributed by atoms with E-state index in [1.807, 2.05) is 6.08 Å². The molecule has 2 heteroatoms. The third-order valence-corrected chi connectivity index (χ3v) is 9.47. The van der Waals surface area contributed by atoms with Gasteiger partial charge in [-0.3, -0.25) is 4.79 Å². The van der Waals surface area contributed by atoms with Gasteiger partial charge < -0.3 is 0 Å². The van der Waals surface area contributed by atoms with Crippen molar-refractivity contribution in [3.05, 3.63) is 11.6 Å². The van der Waals surface area contributed by atoms with Gasteiger partial charge >= 0.3 is 0 Å². The molecule has 5 rings (SSSR count). The van der Waals surface area contributed by atoms with E-state index in [0.29, 0.717) is 11.7 Å². The van der Waals surface area contributed by atoms with Gasteiger partial charge in [-0.15, -0.1) is 0 Å². The molecule has 0 heterocycles. The lowest BCUT2D eigenvalue weighted by molar-refractivity contribution is -0.116. The summed E-state index contributed by atoms with van der Waals surface area (Å²) in [5.41, 5.74) is 1.59. The molecule has 7 atom stereocenters. The van der Waals surface area contributed by atoms with Gasteiger partial charge in [0.2, 0.25) is 0 Å². The van der Waals surface area contributed by atoms with Gasteiger partial charge in [-0.1, -0.05) is 12.5 Å². The molecule has 134 valence electrons. The highest BCUT2D eigenvalue weighted by Gasteiger charge is 2.63. The average molecular weight is 338 g/mol. The first kappa shape index (κ1) is 16.1. The zero-order chi connectivity index (χ0) is 17.4. The van der Waals surface area contributed by atoms with E-state index in [9.17, 15) is 10.1 Å². The van der Waals surface area contributed by atoms with Crippen LogP contribution in [0, 0.1) is 57.7 Å². The van der Waals surface area contributed by atoms with Gasteiger partial charge in [0.15, 0.2) is 5.78 Å². The Morgan fingerprint density at radius 3 is 2.60 bits per heavy atom. The Balaban J connectivity index is 1.55. The van der Waals surface area contributed by atoms with E-state index in [1.165, 1.54) is 44.1 Å². The van der Waals surface area contributed by atoms with E-state index in [-0.39, 0.29) is 10.8 Å². The van der Waals surface area contributed by atoms with Crippen LogP contribution in [0.5, 0.6) is 0 Å². The van der Waals surface area contributed by atoms with Crippen molar-refractivity contribution < 1.29 is 4.79 Å². The van der Waals surface area contributed by atoms with Crippen LogP contribution < -0.4 is 0 Å². The molecule has 4 fully saturated rings. The van der Waals surface area contributed by atoms with Gasteiger partial charge in [0, 0.05) is 6.42 Å². The molecule has 0 spiro atoms. The second-order valence-electron chi connectivity index (χ2n) is 10.3. The molecule has 0 aliphatic heterocycles. The molecular formula is C23H31NO. The second kappa shape index (κ2) is 5.21. The number of fused-ring (bicyclic) bond motifs is 5. The summed E-state index contributed by atoms with van der Waals surface area (Å²) in [5.74, 6) is 5.09. The summed E-state index contributed by atoms with van der Waals surface area (Å²) in [6, 6.07) is 2.74. The Morgan fingerprint density at radius 1 is 1.08 bits per heavy atom. The van der Waals surface area contributed by atoms with E-state index >= 15 is 0 Å². The van der Waals surface area contributed by atoms with E-state index in [4.69, 9.17) is 0 Å². The average Bonchev–Trinajstić information content (AvgIpc) is 3.40. The van der Waals surface area contributed by atoms with Crippen LogP contribution in [0.4, 0.5) is 0 Å². The summed E-state index contributed by atoms with van der Waals surface area (Å²) in [6.45, 7) is 4.69. The maximum Gasteiger partial charge on any atom is 0.155 e. The highest BCUT2D eigenvalue weighted by Crippen LogP contribution is 2.70. The molecule has 0 unspecified atom stereocenters. The number of hydrogen-bond acceptors (Lipinski definition) is 2. The standard InChI is InChI=1S/C23H31NO/c1-22(13-24)9-8-20-21-18(7-10-23(20,22)2)17-6-5-16(25)11-15(17)12-19(21)14-3-4-14/h11,14,17-21H,3-10,12H2,1-2H3/t17-,18+,19-,20-,21-,22+,23-/m0/s1. The number of carbonyl (C=O) groups is 1. The first-order chi connectivity index (χ1) is 12.0. The smallest absolute Gasteiger partial charge is 0.155 e. The number of nitrogens with zero attached hydrogens (tertiary/aromatic N) is 1. The first-order valence-electron chi connectivity index (χ1n) is 10.6. The molecule has 25 heavy (non-hydrogen) atoms. The molecule has 5 aliphatic carbocycles. The maximum atomic E-state index is 12.0. The highest BCUT2D eigenvalue weighted by molar-refractivity contribution is 5.91. The third-order valence-electron chi connectivity index (χ3n) is 9.47. The summed E-state index contributed by atoms with van der Waals surface area (Å²) >= 11 is 0. The first-order valence-corrected chi connectivity index (χ1v) is 10.6. The van der Waals surface area contributed by atoms with E-state index in [2.05, 4.69) is 19.9 Å². The Hall–Kier alpha value is -1.10. The predicted molar refractivity (Wildman–Crippen MR) is 97.4 cm³/mol. The maximum absolute atomic E-state index is 12.0. The molecule has 0 saturated heterocycles. The van der Waals surface area contributed by atoms with Crippen LogP contribution >= 0.6 is 0 Å². The molecule has 0 N–H and O–H groups in total. The monoisotopic (exact) mass is 337 g/mol. The minimum Gasteiger partial charge on any atom is -0.295 e. The normalized spacial score (nSPS) is 51.8. The molecule has 5 aliphatic rings. The zero-order valence-corrected chi connectivity index (χ0v) is 15.8. The van der Waals surface area contributed by atoms with E-state index in [0.717, 1.165) is 48.9 Å². The number of carbonyl (C=O) groups excluding carboxylic acids is 1. The largest absolute Gasteiger partial charge is 0.295 e. The van der Waals surface area contributed by atoms with Gasteiger partial charge in [-0.2, -0.15) is 5.26 Å². The molecule has 0 aromatic rings.